The molecule has 26 valence electrons. The van der Waals surface area contributed by atoms with Crippen molar-refractivity contribution in [3.05, 3.63) is 0 Å². The Labute approximate surface area is 23.8 Å². The molecular formula is CH2NeO2. The zero-order chi connectivity index (χ0) is 2.71. The quantitative estimate of drug-likeness (QED) is 0.394. The molecular weight excluding hydrogens is 64.2 g/mol. The topological polar surface area (TPSA) is 37.3 Å². The zero-order valence-electron chi connectivity index (χ0n) is 1.79. The number of carbonyl (C=O) groups is 1. The number of hydrogen-bond donors (Lipinski definition) is 1. The molecule has 0 aliphatic carbocycles. The van der Waals surface area contributed by atoms with Gasteiger partial charge in [-0.05, 0) is 0 Å². The molecule has 0 bridgehead atoms. The van der Waals surface area contributed by atoms with E-state index in [0.29, 0.717) is 0 Å². The maximum atomic E-state index is 8.36. The normalized spacial score (nSPS) is 3.00. The van der Waals surface area contributed by atoms with Crippen LogP contribution in [0.5, 0.6) is 0 Å². The predicted octanol–water partition coefficient (Wildman–Crippen LogP) is -0.299. The molecule has 0 aromatic carbocycles. The molecule has 0 aromatic rings. The van der Waals surface area contributed by atoms with Crippen molar-refractivity contribution in [2.45, 2.75) is 0 Å². The van der Waals surface area contributed by atoms with Gasteiger partial charge in [0.1, 0.15) is 0 Å². The first-order valence-corrected chi connectivity index (χ1v) is 0.494. The van der Waals surface area contributed by atoms with Gasteiger partial charge in [-0.25, -0.2) is 0 Å². The fraction of sp³-hybridized carbons (Fsp3) is 0. The molecule has 0 heterocycles. The SMILES string of the molecule is O=CO.[Ne]. The molecule has 0 aromatic heterocycles. The van der Waals surface area contributed by atoms with E-state index < -0.39 is 0 Å². The average Bonchev–Trinajstić information content (AvgIpc) is 0.918. The monoisotopic (exact) mass is 66.0 g/mol. The van der Waals surface area contributed by atoms with E-state index in [9.17, 15) is 0 Å². The summed E-state index contributed by atoms with van der Waals surface area (Å²) in [7, 11) is 0. The molecule has 0 saturated heterocycles. The van der Waals surface area contributed by atoms with Crippen LogP contribution < -0.4 is 0 Å². The summed E-state index contributed by atoms with van der Waals surface area (Å²) in [5.41, 5.74) is 0. The first-order valence-electron chi connectivity index (χ1n) is 0.494. The van der Waals surface area contributed by atoms with Gasteiger partial charge in [0.05, 0.1) is 0 Å². The van der Waals surface area contributed by atoms with Crippen molar-refractivity contribution >= 4 is 6.47 Å². The molecule has 0 fully saturated rings. The standard InChI is InChI=1S/CH2O2.Ne/c2-1-3;/h1H,(H,2,3);. The molecule has 1 N–H and O–H groups in total. The van der Waals surface area contributed by atoms with Gasteiger partial charge in [-0.1, -0.05) is 0 Å². The molecule has 0 unspecified atom stereocenters. The van der Waals surface area contributed by atoms with Gasteiger partial charge in [0.25, 0.3) is 6.47 Å². The molecule has 0 spiro atoms. The van der Waals surface area contributed by atoms with Gasteiger partial charge in [0, 0.05) is 6.15 Å². The second-order valence-electron chi connectivity index (χ2n) is 0.105. The summed E-state index contributed by atoms with van der Waals surface area (Å²) in [4.78, 5) is 8.36. The summed E-state index contributed by atoms with van der Waals surface area (Å²) in [6.45, 7) is -0.250. The second kappa shape index (κ2) is 31.5. The summed E-state index contributed by atoms with van der Waals surface area (Å²) in [5, 5.41) is 6.89. The Morgan fingerprint density at radius 3 is 1.75 bits per heavy atom. The Bertz CT molecular complexity index is 13.5. The van der Waals surface area contributed by atoms with Crippen LogP contribution in [0.3, 0.4) is 0 Å². The summed E-state index contributed by atoms with van der Waals surface area (Å²) >= 11 is 0. The first-order chi connectivity index (χ1) is 1.41. The molecule has 4 heavy (non-hydrogen) atoms. The smallest absolute Gasteiger partial charge is 0.290 e. The van der Waals surface area contributed by atoms with Crippen LogP contribution in [0.4, 0.5) is 0 Å². The van der Waals surface area contributed by atoms with Crippen LogP contribution >= 0.6 is 0 Å². The van der Waals surface area contributed by atoms with Crippen LogP contribution in [0, 0.1) is 6.15 Å². The average molecular weight is 66.2 g/mol. The number of hydrogen-bond acceptors (Lipinski definition) is 1. The minimum absolute atomic E-state index is 0. The number of rotatable bonds is 0. The van der Waals surface area contributed by atoms with E-state index in [2.05, 4.69) is 0 Å². The van der Waals surface area contributed by atoms with Gasteiger partial charge in [-0.3, -0.25) is 4.79 Å². The number of carboxylic acid groups (broad SMARTS) is 1. The van der Waals surface area contributed by atoms with Crippen LogP contribution in [-0.4, -0.2) is 11.6 Å². The minimum Gasteiger partial charge on any atom is -0.483 e. The molecule has 0 aliphatic rings. The Balaban J connectivity index is 0. The zero-order valence-corrected chi connectivity index (χ0v) is 1.79. The van der Waals surface area contributed by atoms with E-state index in [1.165, 1.54) is 0 Å². The molecule has 0 radical (unpaired) electrons. The van der Waals surface area contributed by atoms with Crippen LogP contribution in [0.15, 0.2) is 0 Å². The van der Waals surface area contributed by atoms with Crippen molar-refractivity contribution in [3.63, 3.8) is 0 Å². The third-order valence-electron chi connectivity index (χ3n) is 0. The van der Waals surface area contributed by atoms with Gasteiger partial charge in [0.15, 0.2) is 0 Å². The van der Waals surface area contributed by atoms with Crippen molar-refractivity contribution < 1.29 is 16.1 Å². The minimum atomic E-state index is -0.250. The van der Waals surface area contributed by atoms with E-state index in [1.807, 2.05) is 0 Å². The third-order valence-corrected chi connectivity index (χ3v) is 0. The van der Waals surface area contributed by atoms with Gasteiger partial charge in [-0.15, -0.1) is 0 Å². The second-order valence-corrected chi connectivity index (χ2v) is 0.105. The Morgan fingerprint density at radius 1 is 1.75 bits per heavy atom. The Morgan fingerprint density at radius 2 is 1.75 bits per heavy atom. The van der Waals surface area contributed by atoms with E-state index in [1.54, 1.807) is 0 Å². The summed E-state index contributed by atoms with van der Waals surface area (Å²) in [6, 6.07) is 0. The van der Waals surface area contributed by atoms with Gasteiger partial charge < -0.3 is 5.11 Å². The van der Waals surface area contributed by atoms with E-state index >= 15 is 0 Å². The van der Waals surface area contributed by atoms with Gasteiger partial charge >= 0.3 is 0 Å². The van der Waals surface area contributed by atoms with Crippen molar-refractivity contribution in [1.29, 1.82) is 0 Å². The van der Waals surface area contributed by atoms with E-state index in [-0.39, 0.29) is 12.6 Å². The van der Waals surface area contributed by atoms with Crippen molar-refractivity contribution in [2.75, 3.05) is 0 Å². The fourth-order valence-electron chi connectivity index (χ4n) is 0. The first kappa shape index (κ1) is 10.1. The molecule has 0 saturated carbocycles. The summed E-state index contributed by atoms with van der Waals surface area (Å²) < 4.78 is 0. The fourth-order valence-corrected chi connectivity index (χ4v) is 0. The molecule has 0 rings (SSSR count). The van der Waals surface area contributed by atoms with Crippen molar-refractivity contribution in [3.8, 4) is 0 Å². The van der Waals surface area contributed by atoms with Crippen LogP contribution in [-0.2, 0) is 4.79 Å². The molecule has 0 atom stereocenters. The van der Waals surface area contributed by atoms with Crippen LogP contribution in [0.1, 0.15) is 0 Å². The van der Waals surface area contributed by atoms with E-state index in [4.69, 9.17) is 9.90 Å². The van der Waals surface area contributed by atoms with Crippen LogP contribution in [0.25, 0.3) is 0 Å². The van der Waals surface area contributed by atoms with Crippen molar-refractivity contribution in [2.24, 2.45) is 0 Å². The maximum absolute atomic E-state index is 8.36. The molecule has 0 aliphatic heterocycles. The van der Waals surface area contributed by atoms with Gasteiger partial charge in [-0.2, -0.15) is 0 Å². The molecule has 3 heteroatoms. The van der Waals surface area contributed by atoms with Gasteiger partial charge in [0.2, 0.25) is 0 Å². The summed E-state index contributed by atoms with van der Waals surface area (Å²) in [5.74, 6) is 0. The Kier molecular flexibility index (Phi) is 79.2. The summed E-state index contributed by atoms with van der Waals surface area (Å²) in [6.07, 6.45) is 0. The largest absolute Gasteiger partial charge is 0.483 e. The third kappa shape index (κ3) is 0.514. The van der Waals surface area contributed by atoms with Crippen molar-refractivity contribution in [1.82, 2.24) is 0 Å². The molecule has 2 nitrogen and oxygen atoms in total. The predicted molar refractivity (Wildman–Crippen MR) is 8.69 cm³/mol. The van der Waals surface area contributed by atoms with E-state index in [0.717, 1.165) is 0 Å². The van der Waals surface area contributed by atoms with Crippen LogP contribution in [0.2, 0.25) is 0 Å². The molecule has 0 amide bonds. The maximum Gasteiger partial charge on any atom is 0.290 e. The Hall–Kier alpha value is -0.621.